The summed E-state index contributed by atoms with van der Waals surface area (Å²) >= 11 is 0. The molecule has 2 atom stereocenters. The summed E-state index contributed by atoms with van der Waals surface area (Å²) in [6, 6.07) is 25.3. The average molecular weight is 804 g/mol. The van der Waals surface area contributed by atoms with Crippen LogP contribution in [0.3, 0.4) is 0 Å². The Morgan fingerprint density at radius 2 is 1.00 bits per heavy atom. The molecule has 0 saturated heterocycles. The third-order valence-electron chi connectivity index (χ3n) is 6.50. The van der Waals surface area contributed by atoms with E-state index in [1.54, 1.807) is 84.9 Å². The normalized spacial score (nSPS) is 11.0. The summed E-state index contributed by atoms with van der Waals surface area (Å²) in [5, 5.41) is 71.9. The van der Waals surface area contributed by atoms with Gasteiger partial charge in [0.15, 0.2) is 6.29 Å². The Hall–Kier alpha value is -3.13. The number of hydrogen-bond acceptors (Lipinski definition) is 9. The molecule has 0 aliphatic carbocycles. The minimum atomic E-state index is -1.52. The van der Waals surface area contributed by atoms with E-state index in [-0.39, 0.29) is 91.7 Å². The van der Waals surface area contributed by atoms with Gasteiger partial charge in [-0.15, -0.1) is 0 Å². The predicted molar refractivity (Wildman–Crippen MR) is 165 cm³/mol. The molecular weight excluding hydrogens is 763 g/mol. The molecule has 0 bridgehead atoms. The summed E-state index contributed by atoms with van der Waals surface area (Å²) < 4.78 is 0. The van der Waals surface area contributed by atoms with Crippen molar-refractivity contribution in [2.45, 2.75) is 44.3 Å². The second-order valence-corrected chi connectivity index (χ2v) is 9.67. The van der Waals surface area contributed by atoms with Crippen LogP contribution < -0.4 is 10.6 Å². The van der Waals surface area contributed by atoms with Crippen LogP contribution in [-0.2, 0) is 87.4 Å². The van der Waals surface area contributed by atoms with E-state index >= 15 is 0 Å². The van der Waals surface area contributed by atoms with E-state index in [9.17, 15) is 40.5 Å². The largest absolute Gasteiger partial charge is 1.00 e. The molecule has 2 unspecified atom stereocenters. The van der Waals surface area contributed by atoms with Crippen LogP contribution in [0.5, 0.6) is 23.0 Å². The van der Waals surface area contributed by atoms with Crippen LogP contribution in [0, 0.1) is 0 Å². The second-order valence-electron chi connectivity index (χ2n) is 9.67. The van der Waals surface area contributed by atoms with Gasteiger partial charge in [0, 0.05) is 41.3 Å². The number of phenols is 4. The Labute approximate surface area is 304 Å². The van der Waals surface area contributed by atoms with Crippen LogP contribution in [0.2, 0.25) is 0 Å². The second kappa shape index (κ2) is 25.0. The first-order chi connectivity index (χ1) is 20.1. The quantitative estimate of drug-likeness (QED) is 0.0564. The van der Waals surface area contributed by atoms with Crippen LogP contribution in [0.1, 0.15) is 22.3 Å². The number of carboxylic acids is 1. The molecule has 1 radical (unpaired) electrons. The zero-order valence-electron chi connectivity index (χ0n) is 24.8. The van der Waals surface area contributed by atoms with Crippen molar-refractivity contribution < 1.29 is 103 Å². The standard InChI is InChI=1S/C16H19NO4.C16H17NO4.3Cu.2H2O/c2*18-13-7-5-11(6-8-13)9-14(16(20)21)17-10-12-3-1-2-4-15(12)19;;;;;/h1-8,14,16-21H,9-10H2;1-8,14,17-19H,9-10H2,(H,20,21);;;;2*1H2/q;;;2*+1;;/p+1. The molecule has 0 saturated carbocycles. The summed E-state index contributed by atoms with van der Waals surface area (Å²) in [5.74, 6) is -0.340. The number of aromatic hydroxyl groups is 4. The number of aliphatic hydroxyl groups excluding tert-OH is 1. The van der Waals surface area contributed by atoms with Gasteiger partial charge in [-0.05, 0) is 60.4 Å². The van der Waals surface area contributed by atoms with Crippen LogP contribution in [0.4, 0.5) is 0 Å². The van der Waals surface area contributed by atoms with Crippen molar-refractivity contribution in [3.8, 4) is 23.0 Å². The molecule has 0 aliphatic heterocycles. The Morgan fingerprint density at radius 1 is 0.617 bits per heavy atom. The van der Waals surface area contributed by atoms with E-state index < -0.39 is 24.3 Å². The fourth-order valence-electron chi connectivity index (χ4n) is 4.08. The molecule has 4 aromatic rings. The molecule has 12 nitrogen and oxygen atoms in total. The van der Waals surface area contributed by atoms with Crippen molar-refractivity contribution in [1.29, 1.82) is 0 Å². The molecule has 15 heteroatoms. The molecule has 4 aromatic carbocycles. The molecule has 4 rings (SSSR count). The molecular formula is C32H41Cu3N2O10+3. The predicted octanol–water partition coefficient (Wildman–Crippen LogP) is 1.24. The van der Waals surface area contributed by atoms with Crippen LogP contribution >= 0.6 is 0 Å². The zero-order chi connectivity index (χ0) is 30.5. The number of rotatable bonds is 12. The Kier molecular flexibility index (Phi) is 25.6. The van der Waals surface area contributed by atoms with Gasteiger partial charge in [-0.2, -0.15) is 0 Å². The Morgan fingerprint density at radius 3 is 1.38 bits per heavy atom. The van der Waals surface area contributed by atoms with Crippen molar-refractivity contribution >= 4 is 5.97 Å². The van der Waals surface area contributed by atoms with E-state index in [1.807, 2.05) is 0 Å². The van der Waals surface area contributed by atoms with Gasteiger partial charge in [-0.3, -0.25) is 10.1 Å². The number of para-hydroxylation sites is 2. The summed E-state index contributed by atoms with van der Waals surface area (Å²) in [7, 11) is 0. The smallest absolute Gasteiger partial charge is 0.508 e. The number of aliphatic carboxylic acids is 1. The van der Waals surface area contributed by atoms with Gasteiger partial charge in [-0.1, -0.05) is 60.7 Å². The van der Waals surface area contributed by atoms with Crippen LogP contribution in [-0.4, -0.2) is 65.6 Å². The number of aliphatic hydroxyl groups is 2. The fourth-order valence-corrected chi connectivity index (χ4v) is 4.08. The molecule has 0 aliphatic rings. The first kappa shape index (κ1) is 48.3. The maximum Gasteiger partial charge on any atom is 1.00 e. The van der Waals surface area contributed by atoms with E-state index in [2.05, 4.69) is 10.6 Å². The summed E-state index contributed by atoms with van der Waals surface area (Å²) in [4.78, 5) is 11.3. The fraction of sp³-hybridized carbons (Fsp3) is 0.219. The molecule has 14 N–H and O–H groups in total. The third kappa shape index (κ3) is 17.0. The van der Waals surface area contributed by atoms with E-state index in [0.29, 0.717) is 30.5 Å². The van der Waals surface area contributed by atoms with Crippen molar-refractivity contribution in [2.75, 3.05) is 0 Å². The summed E-state index contributed by atoms with van der Waals surface area (Å²) in [5.41, 5.74) is 3.02. The maximum atomic E-state index is 11.3. The first-order valence-corrected chi connectivity index (χ1v) is 13.3. The van der Waals surface area contributed by atoms with Gasteiger partial charge < -0.3 is 52.0 Å². The minimum Gasteiger partial charge on any atom is -0.508 e. The van der Waals surface area contributed by atoms with Crippen molar-refractivity contribution in [3.05, 3.63) is 119 Å². The monoisotopic (exact) mass is 802 g/mol. The van der Waals surface area contributed by atoms with Gasteiger partial charge >= 0.3 is 40.1 Å². The minimum absolute atomic E-state index is 0. The average Bonchev–Trinajstić information content (AvgIpc) is 2.97. The number of carbonyl (C=O) groups is 1. The molecule has 0 aromatic heterocycles. The van der Waals surface area contributed by atoms with Crippen LogP contribution in [0.15, 0.2) is 97.1 Å². The van der Waals surface area contributed by atoms with Crippen LogP contribution in [0.25, 0.3) is 0 Å². The molecule has 47 heavy (non-hydrogen) atoms. The molecule has 0 spiro atoms. The number of carboxylic acid groups (broad SMARTS) is 1. The van der Waals surface area contributed by atoms with Gasteiger partial charge in [0.2, 0.25) is 0 Å². The molecule has 0 amide bonds. The van der Waals surface area contributed by atoms with Gasteiger partial charge in [0.1, 0.15) is 29.0 Å². The third-order valence-corrected chi connectivity index (χ3v) is 6.50. The maximum absolute atomic E-state index is 11.3. The van der Waals surface area contributed by atoms with Crippen molar-refractivity contribution in [1.82, 2.24) is 10.6 Å². The first-order valence-electron chi connectivity index (χ1n) is 13.3. The van der Waals surface area contributed by atoms with Gasteiger partial charge in [0.25, 0.3) is 0 Å². The number of phenolic OH excluding ortho intramolecular Hbond substituents is 4. The summed E-state index contributed by atoms with van der Waals surface area (Å²) in [6.07, 6.45) is -0.834. The Balaban J connectivity index is -0.000000745. The number of benzene rings is 4. The topological polar surface area (TPSA) is 247 Å². The van der Waals surface area contributed by atoms with Crippen molar-refractivity contribution in [2.24, 2.45) is 0 Å². The van der Waals surface area contributed by atoms with Gasteiger partial charge in [-0.25, -0.2) is 0 Å². The molecule has 0 heterocycles. The van der Waals surface area contributed by atoms with E-state index in [0.717, 1.165) is 11.1 Å². The number of hydrogen-bond donors (Lipinski definition) is 9. The summed E-state index contributed by atoms with van der Waals surface area (Å²) in [6.45, 7) is 0.592. The number of nitrogens with one attached hydrogen (secondary N) is 2. The van der Waals surface area contributed by atoms with E-state index in [4.69, 9.17) is 0 Å². The Bertz CT molecular complexity index is 1420. The SMILES string of the molecule is O.O=C(O)C(Cc1ccc(O)cc1)NCc1ccccc1O.Oc1ccc(CC(NCc2ccccc2O)C(O)O)cc1.[Cu+].[Cu+].[Cu].[OH3+]. The van der Waals surface area contributed by atoms with Gasteiger partial charge in [0.05, 0.1) is 6.04 Å². The molecule has 269 valence electrons. The van der Waals surface area contributed by atoms with E-state index in [1.165, 1.54) is 12.1 Å². The molecule has 0 fully saturated rings. The zero-order valence-corrected chi connectivity index (χ0v) is 27.6. The van der Waals surface area contributed by atoms with Crippen molar-refractivity contribution in [3.63, 3.8) is 0 Å².